The Bertz CT molecular complexity index is 490. The highest BCUT2D eigenvalue weighted by Gasteiger charge is 2.25. The van der Waals surface area contributed by atoms with Gasteiger partial charge in [-0.1, -0.05) is 6.92 Å². The van der Waals surface area contributed by atoms with Gasteiger partial charge in [-0.2, -0.15) is 0 Å². The van der Waals surface area contributed by atoms with E-state index in [9.17, 15) is 14.0 Å². The summed E-state index contributed by atoms with van der Waals surface area (Å²) in [4.78, 5) is 24.0. The maximum atomic E-state index is 13.6. The van der Waals surface area contributed by atoms with E-state index in [2.05, 4.69) is 0 Å². The van der Waals surface area contributed by atoms with E-state index in [0.717, 1.165) is 17.0 Å². The third-order valence-corrected chi connectivity index (χ3v) is 2.87. The fourth-order valence-corrected chi connectivity index (χ4v) is 1.63. The zero-order chi connectivity index (χ0) is 14.6. The second-order valence-corrected chi connectivity index (χ2v) is 4.25. The lowest BCUT2D eigenvalue weighted by molar-refractivity contribution is -0.138. The van der Waals surface area contributed by atoms with E-state index < -0.39 is 24.2 Å². The topological polar surface area (TPSA) is 77.8 Å². The fraction of sp³-hybridized carbons (Fsp3) is 0.385. The predicted octanol–water partition coefficient (Wildman–Crippen LogP) is 1.86. The lowest BCUT2D eigenvalue weighted by Gasteiger charge is -2.27. The molecule has 1 aromatic rings. The number of phenolic OH excluding ortho intramolecular Hbond substituents is 1. The molecule has 1 unspecified atom stereocenters. The van der Waals surface area contributed by atoms with Crippen LogP contribution in [0.3, 0.4) is 0 Å². The molecule has 1 rings (SSSR count). The van der Waals surface area contributed by atoms with Crippen LogP contribution in [0.15, 0.2) is 18.2 Å². The minimum Gasteiger partial charge on any atom is -0.508 e. The van der Waals surface area contributed by atoms with Gasteiger partial charge in [0.25, 0.3) is 5.91 Å². The first-order valence-electron chi connectivity index (χ1n) is 5.88. The Morgan fingerprint density at radius 2 is 2.05 bits per heavy atom. The van der Waals surface area contributed by atoms with Gasteiger partial charge in [-0.15, -0.1) is 0 Å². The van der Waals surface area contributed by atoms with E-state index in [1.54, 1.807) is 13.8 Å². The molecule has 2 N–H and O–H groups in total. The van der Waals surface area contributed by atoms with Crippen molar-refractivity contribution in [3.8, 4) is 5.75 Å². The third kappa shape index (κ3) is 3.67. The van der Waals surface area contributed by atoms with Crippen molar-refractivity contribution in [2.75, 3.05) is 6.54 Å². The molecular weight excluding hydrogens is 253 g/mol. The highest BCUT2D eigenvalue weighted by Crippen LogP contribution is 2.18. The summed E-state index contributed by atoms with van der Waals surface area (Å²) in [5, 5.41) is 17.9. The van der Waals surface area contributed by atoms with Gasteiger partial charge < -0.3 is 15.1 Å². The minimum absolute atomic E-state index is 0.251. The molecule has 5 nitrogen and oxygen atoms in total. The van der Waals surface area contributed by atoms with Crippen molar-refractivity contribution in [1.82, 2.24) is 4.90 Å². The smallest absolute Gasteiger partial charge is 0.323 e. The zero-order valence-corrected chi connectivity index (χ0v) is 10.8. The van der Waals surface area contributed by atoms with Crippen molar-refractivity contribution >= 4 is 11.9 Å². The number of nitrogens with zero attached hydrogens (tertiary/aromatic N) is 1. The Hall–Kier alpha value is -2.11. The van der Waals surface area contributed by atoms with Crippen molar-refractivity contribution in [2.45, 2.75) is 26.3 Å². The first kappa shape index (κ1) is 14.9. The van der Waals surface area contributed by atoms with Gasteiger partial charge in [0, 0.05) is 12.1 Å². The normalized spacial score (nSPS) is 11.9. The number of halogens is 1. The van der Waals surface area contributed by atoms with E-state index >= 15 is 0 Å². The standard InChI is InChI=1S/C13H16FNO4/c1-3-8(2)15(7-12(17)18)13(19)10-5-4-9(16)6-11(10)14/h4-6,8,16H,3,7H2,1-2H3,(H,17,18). The van der Waals surface area contributed by atoms with Gasteiger partial charge in [-0.05, 0) is 25.5 Å². The largest absolute Gasteiger partial charge is 0.508 e. The number of hydrogen-bond acceptors (Lipinski definition) is 3. The van der Waals surface area contributed by atoms with Crippen LogP contribution in [0.1, 0.15) is 30.6 Å². The van der Waals surface area contributed by atoms with Crippen LogP contribution < -0.4 is 0 Å². The van der Waals surface area contributed by atoms with Crippen molar-refractivity contribution in [3.63, 3.8) is 0 Å². The summed E-state index contributed by atoms with van der Waals surface area (Å²) >= 11 is 0. The van der Waals surface area contributed by atoms with Gasteiger partial charge in [0.05, 0.1) is 5.56 Å². The Labute approximate surface area is 110 Å². The van der Waals surface area contributed by atoms with Crippen LogP contribution in [0, 0.1) is 5.82 Å². The predicted molar refractivity (Wildman–Crippen MR) is 66.5 cm³/mol. The molecule has 0 aliphatic heterocycles. The van der Waals surface area contributed by atoms with Gasteiger partial charge in [0.1, 0.15) is 18.1 Å². The average molecular weight is 269 g/mol. The van der Waals surface area contributed by atoms with Crippen molar-refractivity contribution in [1.29, 1.82) is 0 Å². The lowest BCUT2D eigenvalue weighted by atomic mass is 10.1. The SMILES string of the molecule is CCC(C)N(CC(=O)O)C(=O)c1ccc(O)cc1F. The lowest BCUT2D eigenvalue weighted by Crippen LogP contribution is -2.42. The molecule has 0 saturated heterocycles. The number of aliphatic carboxylic acids is 1. The number of carboxylic acids is 1. The van der Waals surface area contributed by atoms with E-state index in [1.165, 1.54) is 6.07 Å². The molecular formula is C13H16FNO4. The average Bonchev–Trinajstić information content (AvgIpc) is 2.34. The number of carboxylic acid groups (broad SMARTS) is 1. The van der Waals surface area contributed by atoms with Crippen LogP contribution in [0.25, 0.3) is 0 Å². The molecule has 1 atom stereocenters. The van der Waals surface area contributed by atoms with Crippen molar-refractivity contribution < 1.29 is 24.2 Å². The molecule has 0 bridgehead atoms. The summed E-state index contributed by atoms with van der Waals surface area (Å²) in [6, 6.07) is 2.83. The van der Waals surface area contributed by atoms with Crippen LogP contribution in [0.2, 0.25) is 0 Å². The molecule has 19 heavy (non-hydrogen) atoms. The van der Waals surface area contributed by atoms with Crippen LogP contribution >= 0.6 is 0 Å². The summed E-state index contributed by atoms with van der Waals surface area (Å²) < 4.78 is 13.6. The maximum Gasteiger partial charge on any atom is 0.323 e. The van der Waals surface area contributed by atoms with Crippen LogP contribution in [0.5, 0.6) is 5.75 Å². The summed E-state index contributed by atoms with van der Waals surface area (Å²) in [6.07, 6.45) is 0.554. The molecule has 0 aliphatic rings. The van der Waals surface area contributed by atoms with E-state index in [-0.39, 0.29) is 17.4 Å². The zero-order valence-electron chi connectivity index (χ0n) is 10.8. The van der Waals surface area contributed by atoms with Gasteiger partial charge >= 0.3 is 5.97 Å². The highest BCUT2D eigenvalue weighted by atomic mass is 19.1. The maximum absolute atomic E-state index is 13.6. The molecule has 6 heteroatoms. The highest BCUT2D eigenvalue weighted by molar-refractivity contribution is 5.96. The summed E-state index contributed by atoms with van der Waals surface area (Å²) in [5.74, 6) is -3.02. The Morgan fingerprint density at radius 3 is 2.53 bits per heavy atom. The number of hydrogen-bond donors (Lipinski definition) is 2. The summed E-state index contributed by atoms with van der Waals surface area (Å²) in [6.45, 7) is 3.01. The molecule has 0 heterocycles. The van der Waals surface area contributed by atoms with Crippen LogP contribution in [-0.4, -0.2) is 39.6 Å². The molecule has 0 saturated carbocycles. The molecule has 0 radical (unpaired) electrons. The number of aromatic hydroxyl groups is 1. The first-order valence-corrected chi connectivity index (χ1v) is 5.88. The van der Waals surface area contributed by atoms with Gasteiger partial charge in [0.15, 0.2) is 0 Å². The van der Waals surface area contributed by atoms with Crippen molar-refractivity contribution in [2.24, 2.45) is 0 Å². The Morgan fingerprint density at radius 1 is 1.42 bits per heavy atom. The fourth-order valence-electron chi connectivity index (χ4n) is 1.63. The summed E-state index contributed by atoms with van der Waals surface area (Å²) in [5.41, 5.74) is -0.251. The number of benzene rings is 1. The minimum atomic E-state index is -1.16. The monoisotopic (exact) mass is 269 g/mol. The molecule has 0 fully saturated rings. The molecule has 1 amide bonds. The third-order valence-electron chi connectivity index (χ3n) is 2.87. The Balaban J connectivity index is 3.08. The van der Waals surface area contributed by atoms with Gasteiger partial charge in [-0.25, -0.2) is 4.39 Å². The number of carbonyl (C=O) groups excluding carboxylic acids is 1. The van der Waals surface area contributed by atoms with E-state index in [0.29, 0.717) is 6.42 Å². The summed E-state index contributed by atoms with van der Waals surface area (Å²) in [7, 11) is 0. The number of rotatable bonds is 5. The molecule has 104 valence electrons. The molecule has 0 aromatic heterocycles. The van der Waals surface area contributed by atoms with E-state index in [4.69, 9.17) is 10.2 Å². The quantitative estimate of drug-likeness (QED) is 0.855. The van der Waals surface area contributed by atoms with Crippen LogP contribution in [-0.2, 0) is 4.79 Å². The number of phenols is 1. The Kier molecular flexibility index (Phi) is 4.86. The van der Waals surface area contributed by atoms with Crippen LogP contribution in [0.4, 0.5) is 4.39 Å². The first-order chi connectivity index (χ1) is 8.86. The van der Waals surface area contributed by atoms with E-state index in [1.807, 2.05) is 0 Å². The molecule has 1 aromatic carbocycles. The van der Waals surface area contributed by atoms with Gasteiger partial charge in [0.2, 0.25) is 0 Å². The van der Waals surface area contributed by atoms with Crippen molar-refractivity contribution in [3.05, 3.63) is 29.6 Å². The van der Waals surface area contributed by atoms with Gasteiger partial charge in [-0.3, -0.25) is 9.59 Å². The molecule has 0 aliphatic carbocycles. The second kappa shape index (κ2) is 6.17. The molecule has 0 spiro atoms. The number of carbonyl (C=O) groups is 2. The number of amides is 1. The second-order valence-electron chi connectivity index (χ2n) is 4.25.